The van der Waals surface area contributed by atoms with Crippen LogP contribution in [0.1, 0.15) is 17.3 Å². The molecule has 4 nitrogen and oxygen atoms in total. The molecule has 0 aromatic heterocycles. The first-order valence-electron chi connectivity index (χ1n) is 4.73. The number of carboxylic acid groups (broad SMARTS) is 1. The zero-order valence-corrected chi connectivity index (χ0v) is 9.07. The molecule has 0 radical (unpaired) electrons. The lowest BCUT2D eigenvalue weighted by Gasteiger charge is -2.15. The van der Waals surface area contributed by atoms with Gasteiger partial charge in [-0.3, -0.25) is 0 Å². The zero-order chi connectivity index (χ0) is 12.1. The average Bonchev–Trinajstić information content (AvgIpc) is 2.21. The van der Waals surface area contributed by atoms with Gasteiger partial charge in [-0.15, -0.1) is 0 Å². The fourth-order valence-electron chi connectivity index (χ4n) is 1.27. The van der Waals surface area contributed by atoms with Crippen molar-refractivity contribution < 1.29 is 23.8 Å². The molecular formula is C11H13FO4. The average molecular weight is 228 g/mol. The standard InChI is InChI=1S/C11H13FO4/c1-7(6-15-2)16-10-8(11(13)14)4-3-5-9(10)12/h3-5,7H,6H2,1-2H3,(H,13,14). The minimum absolute atomic E-state index is 0.192. The molecule has 88 valence electrons. The number of hydrogen-bond donors (Lipinski definition) is 1. The van der Waals surface area contributed by atoms with E-state index in [-0.39, 0.29) is 17.9 Å². The maximum atomic E-state index is 13.4. The molecule has 1 aromatic rings. The molecule has 1 aromatic carbocycles. The van der Waals surface area contributed by atoms with E-state index in [0.29, 0.717) is 0 Å². The van der Waals surface area contributed by atoms with E-state index in [4.69, 9.17) is 14.6 Å². The molecule has 0 spiro atoms. The van der Waals surface area contributed by atoms with Gasteiger partial charge in [-0.05, 0) is 19.1 Å². The molecule has 0 aliphatic carbocycles. The Morgan fingerprint density at radius 1 is 1.56 bits per heavy atom. The van der Waals surface area contributed by atoms with Gasteiger partial charge in [0.15, 0.2) is 11.6 Å². The van der Waals surface area contributed by atoms with Crippen LogP contribution >= 0.6 is 0 Å². The second kappa shape index (κ2) is 5.46. The first-order valence-corrected chi connectivity index (χ1v) is 4.73. The molecule has 1 unspecified atom stereocenters. The highest BCUT2D eigenvalue weighted by molar-refractivity contribution is 5.90. The van der Waals surface area contributed by atoms with E-state index >= 15 is 0 Å². The molecule has 1 atom stereocenters. The van der Waals surface area contributed by atoms with Crippen LogP contribution < -0.4 is 4.74 Å². The minimum Gasteiger partial charge on any atom is -0.484 e. The molecular weight excluding hydrogens is 215 g/mol. The number of rotatable bonds is 5. The van der Waals surface area contributed by atoms with Crippen LogP contribution in [0.15, 0.2) is 18.2 Å². The Balaban J connectivity index is 2.97. The smallest absolute Gasteiger partial charge is 0.339 e. The van der Waals surface area contributed by atoms with Crippen LogP contribution in [0.3, 0.4) is 0 Å². The Morgan fingerprint density at radius 2 is 2.25 bits per heavy atom. The van der Waals surface area contributed by atoms with Gasteiger partial charge in [-0.1, -0.05) is 6.07 Å². The van der Waals surface area contributed by atoms with Gasteiger partial charge >= 0.3 is 5.97 Å². The second-order valence-electron chi connectivity index (χ2n) is 3.31. The number of carboxylic acids is 1. The summed E-state index contributed by atoms with van der Waals surface area (Å²) in [4.78, 5) is 10.8. The molecule has 1 rings (SSSR count). The van der Waals surface area contributed by atoms with Crippen molar-refractivity contribution in [3.8, 4) is 5.75 Å². The third-order valence-corrected chi connectivity index (χ3v) is 1.92. The van der Waals surface area contributed by atoms with E-state index in [1.807, 2.05) is 0 Å². The van der Waals surface area contributed by atoms with Crippen LogP contribution in [-0.4, -0.2) is 30.9 Å². The van der Waals surface area contributed by atoms with Crippen LogP contribution in [0.25, 0.3) is 0 Å². The number of carbonyl (C=O) groups is 1. The van der Waals surface area contributed by atoms with Gasteiger partial charge in [0.2, 0.25) is 0 Å². The van der Waals surface area contributed by atoms with Crippen molar-refractivity contribution in [2.75, 3.05) is 13.7 Å². The van der Waals surface area contributed by atoms with Crippen LogP contribution in [0.4, 0.5) is 4.39 Å². The SMILES string of the molecule is COCC(C)Oc1c(F)cccc1C(=O)O. The van der Waals surface area contributed by atoms with Crippen molar-refractivity contribution >= 4 is 5.97 Å². The van der Waals surface area contributed by atoms with Gasteiger partial charge in [0, 0.05) is 7.11 Å². The molecule has 0 saturated heterocycles. The number of ether oxygens (including phenoxy) is 2. The van der Waals surface area contributed by atoms with Crippen molar-refractivity contribution in [1.29, 1.82) is 0 Å². The van der Waals surface area contributed by atoms with Crippen LogP contribution in [0.2, 0.25) is 0 Å². The summed E-state index contributed by atoms with van der Waals surface area (Å²) in [7, 11) is 1.49. The topological polar surface area (TPSA) is 55.8 Å². The predicted octanol–water partition coefficient (Wildman–Crippen LogP) is 1.94. The highest BCUT2D eigenvalue weighted by atomic mass is 19.1. The number of benzene rings is 1. The first-order chi connectivity index (χ1) is 7.56. The van der Waals surface area contributed by atoms with E-state index in [9.17, 15) is 9.18 Å². The normalized spacial score (nSPS) is 12.2. The molecule has 0 saturated carbocycles. The summed E-state index contributed by atoms with van der Waals surface area (Å²) in [5, 5.41) is 8.85. The summed E-state index contributed by atoms with van der Waals surface area (Å²) in [6.45, 7) is 1.93. The van der Waals surface area contributed by atoms with E-state index in [2.05, 4.69) is 0 Å². The van der Waals surface area contributed by atoms with Gasteiger partial charge < -0.3 is 14.6 Å². The maximum Gasteiger partial charge on any atom is 0.339 e. The van der Waals surface area contributed by atoms with Crippen molar-refractivity contribution in [2.24, 2.45) is 0 Å². The summed E-state index contributed by atoms with van der Waals surface area (Å²) in [5.74, 6) is -2.17. The van der Waals surface area contributed by atoms with Gasteiger partial charge in [0.05, 0.1) is 6.61 Å². The molecule has 16 heavy (non-hydrogen) atoms. The largest absolute Gasteiger partial charge is 0.484 e. The van der Waals surface area contributed by atoms with Crippen molar-refractivity contribution in [3.63, 3.8) is 0 Å². The molecule has 0 fully saturated rings. The lowest BCUT2D eigenvalue weighted by atomic mass is 10.2. The van der Waals surface area contributed by atoms with Crippen LogP contribution in [-0.2, 0) is 4.74 Å². The van der Waals surface area contributed by atoms with Gasteiger partial charge in [0.25, 0.3) is 0 Å². The Morgan fingerprint density at radius 3 is 2.81 bits per heavy atom. The third-order valence-electron chi connectivity index (χ3n) is 1.92. The van der Waals surface area contributed by atoms with E-state index < -0.39 is 17.9 Å². The third kappa shape index (κ3) is 2.93. The summed E-state index contributed by atoms with van der Waals surface area (Å²) in [5.41, 5.74) is -0.192. The molecule has 0 heterocycles. The van der Waals surface area contributed by atoms with Crippen molar-refractivity contribution in [2.45, 2.75) is 13.0 Å². The molecule has 0 amide bonds. The fourth-order valence-corrected chi connectivity index (χ4v) is 1.27. The minimum atomic E-state index is -1.22. The second-order valence-corrected chi connectivity index (χ2v) is 3.31. The molecule has 0 aliphatic rings. The Kier molecular flexibility index (Phi) is 4.25. The lowest BCUT2D eigenvalue weighted by Crippen LogP contribution is -2.20. The number of aromatic carboxylic acids is 1. The number of hydrogen-bond acceptors (Lipinski definition) is 3. The Hall–Kier alpha value is -1.62. The Labute approximate surface area is 92.6 Å². The molecule has 0 bridgehead atoms. The fraction of sp³-hybridized carbons (Fsp3) is 0.364. The number of para-hydroxylation sites is 1. The first kappa shape index (κ1) is 12.4. The Bertz CT molecular complexity index is 378. The quantitative estimate of drug-likeness (QED) is 0.836. The van der Waals surface area contributed by atoms with Crippen LogP contribution in [0, 0.1) is 5.82 Å². The summed E-state index contributed by atoms with van der Waals surface area (Å²) >= 11 is 0. The zero-order valence-electron chi connectivity index (χ0n) is 9.07. The van der Waals surface area contributed by atoms with Crippen molar-refractivity contribution in [1.82, 2.24) is 0 Å². The molecule has 0 aliphatic heterocycles. The summed E-state index contributed by atoms with van der Waals surface area (Å²) in [6, 6.07) is 3.77. The monoisotopic (exact) mass is 228 g/mol. The molecule has 5 heteroatoms. The highest BCUT2D eigenvalue weighted by Crippen LogP contribution is 2.23. The molecule has 1 N–H and O–H groups in total. The van der Waals surface area contributed by atoms with Gasteiger partial charge in [-0.2, -0.15) is 0 Å². The van der Waals surface area contributed by atoms with Gasteiger partial charge in [-0.25, -0.2) is 9.18 Å². The lowest BCUT2D eigenvalue weighted by molar-refractivity contribution is 0.0668. The van der Waals surface area contributed by atoms with E-state index in [1.54, 1.807) is 6.92 Å². The summed E-state index contributed by atoms with van der Waals surface area (Å²) < 4.78 is 23.4. The van der Waals surface area contributed by atoms with Gasteiger partial charge in [0.1, 0.15) is 11.7 Å². The van der Waals surface area contributed by atoms with E-state index in [1.165, 1.54) is 19.2 Å². The number of halogens is 1. The van der Waals surface area contributed by atoms with Crippen molar-refractivity contribution in [3.05, 3.63) is 29.6 Å². The predicted molar refractivity (Wildman–Crippen MR) is 55.3 cm³/mol. The number of methoxy groups -OCH3 is 1. The maximum absolute atomic E-state index is 13.4. The summed E-state index contributed by atoms with van der Waals surface area (Å²) in [6.07, 6.45) is -0.417. The van der Waals surface area contributed by atoms with E-state index in [0.717, 1.165) is 6.07 Å². The van der Waals surface area contributed by atoms with Crippen LogP contribution in [0.5, 0.6) is 5.75 Å². The highest BCUT2D eigenvalue weighted by Gasteiger charge is 2.17.